The number of sulfonamides is 1. The predicted octanol–water partition coefficient (Wildman–Crippen LogP) is 3.23. The highest BCUT2D eigenvalue weighted by Gasteiger charge is 2.30. The van der Waals surface area contributed by atoms with E-state index in [1.54, 1.807) is 19.2 Å². The summed E-state index contributed by atoms with van der Waals surface area (Å²) in [5.41, 5.74) is 0.302. The van der Waals surface area contributed by atoms with Gasteiger partial charge in [0.2, 0.25) is 0 Å². The Morgan fingerprint density at radius 1 is 0.862 bits per heavy atom. The van der Waals surface area contributed by atoms with Crippen molar-refractivity contribution < 1.29 is 26.3 Å². The van der Waals surface area contributed by atoms with E-state index in [2.05, 4.69) is 4.72 Å². The van der Waals surface area contributed by atoms with Gasteiger partial charge in [-0.25, -0.2) is 16.8 Å². The van der Waals surface area contributed by atoms with Gasteiger partial charge in [0, 0.05) is 12.8 Å². The van der Waals surface area contributed by atoms with Gasteiger partial charge in [-0.3, -0.25) is 4.72 Å². The molecular weight excluding hydrogens is 414 g/mol. The summed E-state index contributed by atoms with van der Waals surface area (Å²) in [7, 11) is -5.59. The number of ether oxygens (including phenoxy) is 2. The van der Waals surface area contributed by atoms with Crippen molar-refractivity contribution in [1.82, 2.24) is 0 Å². The molecule has 0 amide bonds. The molecule has 1 aliphatic carbocycles. The average Bonchev–Trinajstić information content (AvgIpc) is 3.24. The Morgan fingerprint density at radius 3 is 2.03 bits per heavy atom. The maximum atomic E-state index is 12.6. The number of nitrogens with one attached hydrogen (secondary N) is 1. The fourth-order valence-electron chi connectivity index (χ4n) is 3.28. The van der Waals surface area contributed by atoms with Crippen molar-refractivity contribution in [3.63, 3.8) is 0 Å². The number of sulfone groups is 1. The lowest BCUT2D eigenvalue weighted by atomic mass is 10.3. The van der Waals surface area contributed by atoms with Crippen molar-refractivity contribution in [2.24, 2.45) is 0 Å². The Balaban J connectivity index is 1.68. The van der Waals surface area contributed by atoms with E-state index in [1.165, 1.54) is 36.4 Å². The lowest BCUT2D eigenvalue weighted by molar-refractivity contribution is 0.146. The molecule has 3 rings (SSSR count). The standard InChI is InChI=1S/C20H25NO6S2/c1-26-14-15-27-17-8-12-20(13-9-17)29(24,25)21-16-6-10-19(11-7-16)28(22,23)18-4-2-3-5-18/h6-13,18,21H,2-5,14-15H2,1H3. The van der Waals surface area contributed by atoms with Gasteiger partial charge in [-0.15, -0.1) is 0 Å². The first-order valence-electron chi connectivity index (χ1n) is 9.41. The predicted molar refractivity (Wildman–Crippen MR) is 111 cm³/mol. The molecule has 0 bridgehead atoms. The SMILES string of the molecule is COCCOc1ccc(S(=O)(=O)Nc2ccc(S(=O)(=O)C3CCCC3)cc2)cc1. The summed E-state index contributed by atoms with van der Waals surface area (Å²) in [6.07, 6.45) is 3.22. The van der Waals surface area contributed by atoms with Crippen molar-refractivity contribution >= 4 is 25.5 Å². The zero-order valence-electron chi connectivity index (χ0n) is 16.2. The fourth-order valence-corrected chi connectivity index (χ4v) is 6.19. The van der Waals surface area contributed by atoms with Crippen LogP contribution in [0.2, 0.25) is 0 Å². The molecule has 1 aliphatic rings. The number of anilines is 1. The van der Waals surface area contributed by atoms with E-state index >= 15 is 0 Å². The van der Waals surface area contributed by atoms with E-state index < -0.39 is 19.9 Å². The van der Waals surface area contributed by atoms with Gasteiger partial charge in [-0.1, -0.05) is 12.8 Å². The van der Waals surface area contributed by atoms with Crippen molar-refractivity contribution in [3.05, 3.63) is 48.5 Å². The van der Waals surface area contributed by atoms with E-state index in [1.807, 2.05) is 0 Å². The molecule has 0 spiro atoms. The van der Waals surface area contributed by atoms with Gasteiger partial charge < -0.3 is 9.47 Å². The Kier molecular flexibility index (Phi) is 6.81. The molecule has 0 aliphatic heterocycles. The second-order valence-corrected chi connectivity index (χ2v) is 10.8. The second kappa shape index (κ2) is 9.15. The molecule has 29 heavy (non-hydrogen) atoms. The highest BCUT2D eigenvalue weighted by molar-refractivity contribution is 7.92. The van der Waals surface area contributed by atoms with Gasteiger partial charge in [-0.05, 0) is 61.4 Å². The largest absolute Gasteiger partial charge is 0.491 e. The van der Waals surface area contributed by atoms with Gasteiger partial charge in [0.15, 0.2) is 9.84 Å². The maximum Gasteiger partial charge on any atom is 0.261 e. The third-order valence-corrected chi connectivity index (χ3v) is 8.54. The van der Waals surface area contributed by atoms with E-state index in [-0.39, 0.29) is 15.0 Å². The Morgan fingerprint density at radius 2 is 1.45 bits per heavy atom. The van der Waals surface area contributed by atoms with Gasteiger partial charge in [0.05, 0.1) is 21.6 Å². The van der Waals surface area contributed by atoms with Gasteiger partial charge >= 0.3 is 0 Å². The number of rotatable bonds is 9. The van der Waals surface area contributed by atoms with Crippen molar-refractivity contribution in [3.8, 4) is 5.75 Å². The van der Waals surface area contributed by atoms with Crippen LogP contribution in [-0.2, 0) is 24.6 Å². The Bertz CT molecular complexity index is 1010. The molecular formula is C20H25NO6S2. The second-order valence-electron chi connectivity index (χ2n) is 6.89. The zero-order valence-corrected chi connectivity index (χ0v) is 17.8. The van der Waals surface area contributed by atoms with E-state index in [0.29, 0.717) is 37.5 Å². The molecule has 1 N–H and O–H groups in total. The molecule has 2 aromatic carbocycles. The molecule has 0 atom stereocenters. The van der Waals surface area contributed by atoms with Gasteiger partial charge in [-0.2, -0.15) is 0 Å². The van der Waals surface area contributed by atoms with Gasteiger partial charge in [0.25, 0.3) is 10.0 Å². The van der Waals surface area contributed by atoms with Crippen LogP contribution in [0.1, 0.15) is 25.7 Å². The smallest absolute Gasteiger partial charge is 0.261 e. The minimum Gasteiger partial charge on any atom is -0.491 e. The minimum absolute atomic E-state index is 0.0826. The molecule has 0 aromatic heterocycles. The van der Waals surface area contributed by atoms with Crippen LogP contribution in [0.4, 0.5) is 5.69 Å². The lowest BCUT2D eigenvalue weighted by Gasteiger charge is -2.13. The fraction of sp³-hybridized carbons (Fsp3) is 0.400. The van der Waals surface area contributed by atoms with Gasteiger partial charge in [0.1, 0.15) is 12.4 Å². The summed E-state index contributed by atoms with van der Waals surface area (Å²) in [6.45, 7) is 0.811. The number of hydrogen-bond donors (Lipinski definition) is 1. The molecule has 2 aromatic rings. The normalized spacial score (nSPS) is 15.3. The zero-order chi connectivity index (χ0) is 20.9. The number of hydrogen-bond acceptors (Lipinski definition) is 6. The summed E-state index contributed by atoms with van der Waals surface area (Å²) >= 11 is 0. The van der Waals surface area contributed by atoms with Crippen LogP contribution in [0.25, 0.3) is 0 Å². The lowest BCUT2D eigenvalue weighted by Crippen LogP contribution is -2.18. The highest BCUT2D eigenvalue weighted by atomic mass is 32.2. The van der Waals surface area contributed by atoms with Crippen molar-refractivity contribution in [1.29, 1.82) is 0 Å². The quantitative estimate of drug-likeness (QED) is 0.603. The Hall–Kier alpha value is -2.10. The molecule has 0 unspecified atom stereocenters. The van der Waals surface area contributed by atoms with Crippen LogP contribution in [0, 0.1) is 0 Å². The molecule has 9 heteroatoms. The maximum absolute atomic E-state index is 12.6. The number of benzene rings is 2. The molecule has 158 valence electrons. The number of methoxy groups -OCH3 is 1. The molecule has 0 radical (unpaired) electrons. The summed E-state index contributed by atoms with van der Waals surface area (Å²) in [5.74, 6) is 0.544. The molecule has 1 fully saturated rings. The molecule has 0 saturated heterocycles. The average molecular weight is 440 g/mol. The van der Waals surface area contributed by atoms with Crippen LogP contribution < -0.4 is 9.46 Å². The molecule has 1 saturated carbocycles. The topological polar surface area (TPSA) is 98.8 Å². The van der Waals surface area contributed by atoms with E-state index in [9.17, 15) is 16.8 Å². The third kappa shape index (κ3) is 5.29. The third-order valence-electron chi connectivity index (χ3n) is 4.87. The highest BCUT2D eigenvalue weighted by Crippen LogP contribution is 2.30. The van der Waals surface area contributed by atoms with Crippen LogP contribution in [0.3, 0.4) is 0 Å². The Labute approximate surface area is 172 Å². The molecule has 0 heterocycles. The summed E-state index contributed by atoms with van der Waals surface area (Å²) in [5, 5.41) is -0.338. The summed E-state index contributed by atoms with van der Waals surface area (Å²) < 4.78 is 63.2. The first kappa shape index (κ1) is 21.6. The van der Waals surface area contributed by atoms with Crippen LogP contribution in [0.15, 0.2) is 58.3 Å². The van der Waals surface area contributed by atoms with Crippen LogP contribution >= 0.6 is 0 Å². The monoisotopic (exact) mass is 439 g/mol. The van der Waals surface area contributed by atoms with E-state index in [0.717, 1.165) is 12.8 Å². The minimum atomic E-state index is -3.80. The van der Waals surface area contributed by atoms with Crippen LogP contribution in [-0.4, -0.2) is 42.4 Å². The van der Waals surface area contributed by atoms with Crippen LogP contribution in [0.5, 0.6) is 5.75 Å². The summed E-state index contributed by atoms with van der Waals surface area (Å²) in [6, 6.07) is 11.9. The van der Waals surface area contributed by atoms with Crippen molar-refractivity contribution in [2.45, 2.75) is 40.7 Å². The summed E-state index contributed by atoms with van der Waals surface area (Å²) in [4.78, 5) is 0.309. The first-order valence-corrected chi connectivity index (χ1v) is 12.4. The van der Waals surface area contributed by atoms with E-state index in [4.69, 9.17) is 9.47 Å². The molecule has 7 nitrogen and oxygen atoms in total. The van der Waals surface area contributed by atoms with Crippen molar-refractivity contribution in [2.75, 3.05) is 25.0 Å². The first-order chi connectivity index (χ1) is 13.8.